The highest BCUT2D eigenvalue weighted by atomic mass is 33.1. The Hall–Kier alpha value is -3.31. The van der Waals surface area contributed by atoms with Gasteiger partial charge in [-0.15, -0.1) is 0 Å². The van der Waals surface area contributed by atoms with Gasteiger partial charge in [-0.25, -0.2) is 18.0 Å². The molecule has 0 radical (unpaired) electrons. The summed E-state index contributed by atoms with van der Waals surface area (Å²) in [4.78, 5) is 39.3. The van der Waals surface area contributed by atoms with E-state index in [2.05, 4.69) is 5.32 Å². The second kappa shape index (κ2) is 11.6. The Bertz CT molecular complexity index is 1260. The Morgan fingerprint density at radius 3 is 2.25 bits per heavy atom. The zero-order chi connectivity index (χ0) is 26.5. The SMILES string of the molecule is CCOC(=O)C(=C(C)C)N1C(=O)[C@H](NC(=O)OCc2ccccc2)[C@@H]1SS(=O)(=O)c1ccc(C)cc1. The minimum Gasteiger partial charge on any atom is -0.461 e. The van der Waals surface area contributed by atoms with Crippen molar-refractivity contribution in [1.29, 1.82) is 0 Å². The molecule has 0 saturated carbocycles. The van der Waals surface area contributed by atoms with E-state index in [0.29, 0.717) is 16.4 Å². The van der Waals surface area contributed by atoms with E-state index in [4.69, 9.17) is 9.47 Å². The number of likely N-dealkylation sites (tertiary alicyclic amines) is 1. The van der Waals surface area contributed by atoms with Gasteiger partial charge in [0.15, 0.2) is 0 Å². The van der Waals surface area contributed by atoms with E-state index in [9.17, 15) is 22.8 Å². The molecule has 2 amide bonds. The first kappa shape index (κ1) is 27.3. The third kappa shape index (κ3) is 6.27. The lowest BCUT2D eigenvalue weighted by atomic mass is 10.0. The largest absolute Gasteiger partial charge is 0.461 e. The lowest BCUT2D eigenvalue weighted by Crippen LogP contribution is -2.69. The van der Waals surface area contributed by atoms with Gasteiger partial charge in [-0.05, 0) is 51.0 Å². The topological polar surface area (TPSA) is 119 Å². The summed E-state index contributed by atoms with van der Waals surface area (Å²) in [5, 5.41) is 1.33. The number of nitrogens with zero attached hydrogens (tertiary/aromatic N) is 1. The molecule has 3 rings (SSSR count). The molecule has 2 aromatic carbocycles. The van der Waals surface area contributed by atoms with Crippen LogP contribution in [0.25, 0.3) is 0 Å². The van der Waals surface area contributed by atoms with Crippen molar-refractivity contribution < 1.29 is 32.3 Å². The summed E-state index contributed by atoms with van der Waals surface area (Å²) in [5.41, 5.74) is 2.03. The number of hydrogen-bond acceptors (Lipinski definition) is 8. The van der Waals surface area contributed by atoms with Crippen LogP contribution in [0, 0.1) is 6.92 Å². The number of β-lactam (4-membered cyclic amide) rings is 1. The summed E-state index contributed by atoms with van der Waals surface area (Å²) in [6.07, 6.45) is -0.884. The van der Waals surface area contributed by atoms with Crippen LogP contribution in [0.15, 0.2) is 70.8 Å². The smallest absolute Gasteiger partial charge is 0.408 e. The Labute approximate surface area is 214 Å². The second-order valence-corrected chi connectivity index (χ2v) is 12.2. The van der Waals surface area contributed by atoms with Crippen LogP contribution in [0.5, 0.6) is 0 Å². The lowest BCUT2D eigenvalue weighted by molar-refractivity contribution is -0.151. The number of allylic oxidation sites excluding steroid dienone is 1. The van der Waals surface area contributed by atoms with E-state index in [0.717, 1.165) is 16.0 Å². The number of nitrogens with one attached hydrogen (secondary N) is 1. The van der Waals surface area contributed by atoms with E-state index < -0.39 is 38.3 Å². The van der Waals surface area contributed by atoms with Gasteiger partial charge in [-0.3, -0.25) is 9.69 Å². The number of rotatable bonds is 9. The number of carbonyl (C=O) groups is 3. The van der Waals surface area contributed by atoms with Gasteiger partial charge < -0.3 is 14.8 Å². The summed E-state index contributed by atoms with van der Waals surface area (Å²) in [6, 6.07) is 14.0. The Balaban J connectivity index is 1.86. The zero-order valence-corrected chi connectivity index (χ0v) is 22.0. The summed E-state index contributed by atoms with van der Waals surface area (Å²) in [6.45, 7) is 6.73. The Morgan fingerprint density at radius 1 is 1.03 bits per heavy atom. The van der Waals surface area contributed by atoms with Gasteiger partial charge in [0.25, 0.3) is 5.91 Å². The summed E-state index contributed by atoms with van der Waals surface area (Å²) >= 11 is 0. The van der Waals surface area contributed by atoms with Gasteiger partial charge in [0.2, 0.25) is 8.87 Å². The highest BCUT2D eigenvalue weighted by Gasteiger charge is 2.54. The highest BCUT2D eigenvalue weighted by Crippen LogP contribution is 2.40. The molecule has 0 unspecified atom stereocenters. The molecule has 1 aliphatic rings. The molecule has 0 aromatic heterocycles. The van der Waals surface area contributed by atoms with Gasteiger partial charge >= 0.3 is 12.1 Å². The van der Waals surface area contributed by atoms with Crippen molar-refractivity contribution in [1.82, 2.24) is 10.2 Å². The number of carbonyl (C=O) groups excluding carboxylic acids is 3. The monoisotopic (exact) mass is 532 g/mol. The number of benzene rings is 2. The summed E-state index contributed by atoms with van der Waals surface area (Å²) < 4.78 is 36.6. The molecule has 1 aliphatic heterocycles. The second-order valence-electron chi connectivity index (χ2n) is 8.22. The quantitative estimate of drug-likeness (QED) is 0.225. The molecule has 11 heteroatoms. The molecule has 0 aliphatic carbocycles. The van der Waals surface area contributed by atoms with Crippen LogP contribution in [0.3, 0.4) is 0 Å². The standard InChI is InChI=1S/C25H28N2O7S2/c1-5-33-24(29)21(16(2)3)27-22(28)20(26-25(30)34-15-18-9-7-6-8-10-18)23(27)35-36(31,32)19-13-11-17(4)12-14-19/h6-14,20,23H,5,15H2,1-4H3,(H,26,30)/t20-,23-/m0/s1. The predicted octanol–water partition coefficient (Wildman–Crippen LogP) is 3.74. The minimum absolute atomic E-state index is 0.0289. The Kier molecular flexibility index (Phi) is 8.80. The molecule has 1 saturated heterocycles. The fraction of sp³-hybridized carbons (Fsp3) is 0.320. The normalized spacial score (nSPS) is 17.1. The highest BCUT2D eigenvalue weighted by molar-refractivity contribution is 8.72. The fourth-order valence-corrected chi connectivity index (χ4v) is 6.93. The van der Waals surface area contributed by atoms with Gasteiger partial charge in [-0.1, -0.05) is 48.0 Å². The first-order valence-corrected chi connectivity index (χ1v) is 14.1. The lowest BCUT2D eigenvalue weighted by Gasteiger charge is -2.46. The first-order chi connectivity index (χ1) is 17.0. The average molecular weight is 533 g/mol. The van der Waals surface area contributed by atoms with Gasteiger partial charge in [0.1, 0.15) is 23.7 Å². The molecule has 1 fully saturated rings. The van der Waals surface area contributed by atoms with Crippen LogP contribution in [0.4, 0.5) is 4.79 Å². The number of alkyl carbamates (subject to hydrolysis) is 1. The van der Waals surface area contributed by atoms with E-state index in [1.54, 1.807) is 57.2 Å². The van der Waals surface area contributed by atoms with Gasteiger partial charge in [-0.2, -0.15) is 0 Å². The predicted molar refractivity (Wildman–Crippen MR) is 135 cm³/mol. The van der Waals surface area contributed by atoms with Crippen LogP contribution in [-0.4, -0.2) is 49.3 Å². The average Bonchev–Trinajstić information content (AvgIpc) is 2.84. The number of hydrogen-bond donors (Lipinski definition) is 1. The van der Waals surface area contributed by atoms with Crippen LogP contribution < -0.4 is 5.32 Å². The molecular weight excluding hydrogens is 504 g/mol. The maximum absolute atomic E-state index is 13.2. The minimum atomic E-state index is -3.96. The summed E-state index contributed by atoms with van der Waals surface area (Å²) in [5.74, 6) is -1.40. The van der Waals surface area contributed by atoms with Crippen molar-refractivity contribution in [2.75, 3.05) is 6.61 Å². The Morgan fingerprint density at radius 2 is 1.67 bits per heavy atom. The summed E-state index contributed by atoms with van der Waals surface area (Å²) in [7, 11) is -3.49. The molecule has 9 nitrogen and oxygen atoms in total. The molecule has 1 N–H and O–H groups in total. The molecular formula is C25H28N2O7S2. The van der Waals surface area contributed by atoms with Gasteiger partial charge in [0.05, 0.1) is 11.5 Å². The fourth-order valence-electron chi connectivity index (χ4n) is 3.46. The number of amides is 2. The number of aryl methyl sites for hydroxylation is 1. The molecule has 192 valence electrons. The van der Waals surface area contributed by atoms with Gasteiger partial charge in [0, 0.05) is 10.8 Å². The maximum Gasteiger partial charge on any atom is 0.408 e. The molecule has 36 heavy (non-hydrogen) atoms. The first-order valence-electron chi connectivity index (χ1n) is 11.2. The van der Waals surface area contributed by atoms with Crippen molar-refractivity contribution in [3.63, 3.8) is 0 Å². The molecule has 2 atom stereocenters. The van der Waals surface area contributed by atoms with Crippen molar-refractivity contribution in [2.45, 2.75) is 50.6 Å². The van der Waals surface area contributed by atoms with Crippen molar-refractivity contribution >= 4 is 37.6 Å². The number of ether oxygens (including phenoxy) is 2. The van der Waals surface area contributed by atoms with Crippen molar-refractivity contribution in [3.8, 4) is 0 Å². The molecule has 0 bridgehead atoms. The third-order valence-electron chi connectivity index (χ3n) is 5.25. The van der Waals surface area contributed by atoms with E-state index in [-0.39, 0.29) is 23.8 Å². The van der Waals surface area contributed by atoms with Crippen molar-refractivity contribution in [3.05, 3.63) is 77.0 Å². The molecule has 1 heterocycles. The molecule has 0 spiro atoms. The van der Waals surface area contributed by atoms with Crippen molar-refractivity contribution in [2.24, 2.45) is 0 Å². The van der Waals surface area contributed by atoms with E-state index >= 15 is 0 Å². The number of esters is 1. The van der Waals surface area contributed by atoms with E-state index in [1.807, 2.05) is 13.0 Å². The van der Waals surface area contributed by atoms with Crippen LogP contribution >= 0.6 is 10.8 Å². The van der Waals surface area contributed by atoms with E-state index in [1.165, 1.54) is 12.1 Å². The third-order valence-corrected chi connectivity index (χ3v) is 8.96. The molecule has 2 aromatic rings. The maximum atomic E-state index is 13.2. The zero-order valence-electron chi connectivity index (χ0n) is 20.4. The van der Waals surface area contributed by atoms with Crippen LogP contribution in [0.1, 0.15) is 31.9 Å². The van der Waals surface area contributed by atoms with Crippen LogP contribution in [-0.2, 0) is 34.5 Å². The van der Waals surface area contributed by atoms with Crippen LogP contribution in [0.2, 0.25) is 0 Å².